The lowest BCUT2D eigenvalue weighted by Gasteiger charge is -2.27. The van der Waals surface area contributed by atoms with E-state index in [1.54, 1.807) is 12.1 Å². The predicted octanol–water partition coefficient (Wildman–Crippen LogP) is 3.90. The lowest BCUT2D eigenvalue weighted by atomic mass is 10.1. The van der Waals surface area contributed by atoms with Gasteiger partial charge in [-0.3, -0.25) is 4.90 Å². The molecule has 1 heterocycles. The molecule has 0 aliphatic carbocycles. The number of benzene rings is 2. The van der Waals surface area contributed by atoms with Gasteiger partial charge in [0, 0.05) is 26.2 Å². The molecule has 2 aromatic rings. The molecule has 27 heavy (non-hydrogen) atoms. The summed E-state index contributed by atoms with van der Waals surface area (Å²) in [7, 11) is 0. The van der Waals surface area contributed by atoms with Crippen molar-refractivity contribution in [3.05, 3.63) is 71.5 Å². The van der Waals surface area contributed by atoms with Gasteiger partial charge in [0.15, 0.2) is 6.29 Å². The predicted molar refractivity (Wildman–Crippen MR) is 103 cm³/mol. The monoisotopic (exact) mass is 373 g/mol. The number of rotatable bonds is 9. The van der Waals surface area contributed by atoms with Gasteiger partial charge >= 0.3 is 0 Å². The zero-order chi connectivity index (χ0) is 18.9. The maximum absolute atomic E-state index is 13.1. The number of aliphatic hydroxyl groups excluding tert-OH is 1. The van der Waals surface area contributed by atoms with Gasteiger partial charge in [0.25, 0.3) is 0 Å². The highest BCUT2D eigenvalue weighted by Crippen LogP contribution is 2.17. The largest absolute Gasteiger partial charge is 0.387 e. The molecule has 0 aromatic heterocycles. The van der Waals surface area contributed by atoms with Gasteiger partial charge < -0.3 is 14.6 Å². The fourth-order valence-corrected chi connectivity index (χ4v) is 3.27. The second kappa shape index (κ2) is 10.5. The van der Waals surface area contributed by atoms with E-state index >= 15 is 0 Å². The minimum absolute atomic E-state index is 0.112. The molecule has 0 amide bonds. The van der Waals surface area contributed by atoms with Crippen LogP contribution in [-0.2, 0) is 16.0 Å². The first-order chi connectivity index (χ1) is 13.2. The number of hydrogen-bond donors (Lipinski definition) is 1. The molecule has 4 nitrogen and oxygen atoms in total. The molecule has 1 N–H and O–H groups in total. The maximum atomic E-state index is 13.1. The first-order valence-corrected chi connectivity index (χ1v) is 9.64. The topological polar surface area (TPSA) is 41.9 Å². The highest BCUT2D eigenvalue weighted by Gasteiger charge is 2.17. The van der Waals surface area contributed by atoms with Gasteiger partial charge in [-0.1, -0.05) is 42.5 Å². The molecule has 3 rings (SSSR count). The van der Waals surface area contributed by atoms with Crippen LogP contribution in [0.2, 0.25) is 0 Å². The van der Waals surface area contributed by atoms with Crippen molar-refractivity contribution in [3.63, 3.8) is 0 Å². The normalized spacial score (nSPS) is 18.6. The molecule has 146 valence electrons. The summed E-state index contributed by atoms with van der Waals surface area (Å²) in [5, 5.41) is 10.6. The molecule has 1 aliphatic heterocycles. The molecule has 1 saturated heterocycles. The summed E-state index contributed by atoms with van der Waals surface area (Å²) < 4.78 is 24.6. The van der Waals surface area contributed by atoms with Crippen molar-refractivity contribution in [3.8, 4) is 0 Å². The van der Waals surface area contributed by atoms with Crippen molar-refractivity contribution in [2.75, 3.05) is 26.3 Å². The van der Waals surface area contributed by atoms with E-state index in [0.29, 0.717) is 31.8 Å². The molecular weight excluding hydrogens is 345 g/mol. The molecule has 0 spiro atoms. The molecule has 0 radical (unpaired) electrons. The highest BCUT2D eigenvalue weighted by atomic mass is 19.1. The van der Waals surface area contributed by atoms with Gasteiger partial charge in [0.05, 0.1) is 12.7 Å². The average molecular weight is 373 g/mol. The summed E-state index contributed by atoms with van der Waals surface area (Å²) in [6.07, 6.45) is 2.39. The minimum Gasteiger partial charge on any atom is -0.387 e. The van der Waals surface area contributed by atoms with Crippen molar-refractivity contribution in [1.82, 2.24) is 4.90 Å². The van der Waals surface area contributed by atoms with Crippen molar-refractivity contribution in [2.45, 2.75) is 38.2 Å². The minimum atomic E-state index is -0.680. The van der Waals surface area contributed by atoms with Gasteiger partial charge in [-0.2, -0.15) is 0 Å². The molecule has 0 saturated carbocycles. The van der Waals surface area contributed by atoms with Crippen molar-refractivity contribution < 1.29 is 19.0 Å². The van der Waals surface area contributed by atoms with E-state index in [4.69, 9.17) is 9.47 Å². The molecule has 1 unspecified atom stereocenters. The second-order valence-corrected chi connectivity index (χ2v) is 6.95. The number of ether oxygens (including phenoxy) is 2. The second-order valence-electron chi connectivity index (χ2n) is 6.95. The Morgan fingerprint density at radius 1 is 1.11 bits per heavy atom. The van der Waals surface area contributed by atoms with Crippen LogP contribution in [0.15, 0.2) is 54.6 Å². The molecular formula is C22H28FNO3. The summed E-state index contributed by atoms with van der Waals surface area (Å²) in [5.41, 5.74) is 1.89. The molecule has 5 heteroatoms. The van der Waals surface area contributed by atoms with Crippen molar-refractivity contribution in [2.24, 2.45) is 0 Å². The maximum Gasteiger partial charge on any atom is 0.157 e. The van der Waals surface area contributed by atoms with E-state index < -0.39 is 6.10 Å². The standard InChI is InChI=1S/C22H28FNO3/c23-20-11-9-19(10-12-20)21(25)17-24(16-18-6-2-1-3-7-18)13-15-27-22-8-4-5-14-26-22/h1-3,6-7,9-12,21-22,25H,4-5,8,13-17H2/t21-,22?/m0/s1. The third-order valence-corrected chi connectivity index (χ3v) is 4.78. The van der Waals surface area contributed by atoms with Crippen LogP contribution in [-0.4, -0.2) is 42.6 Å². The van der Waals surface area contributed by atoms with Crippen molar-refractivity contribution in [1.29, 1.82) is 0 Å². The van der Waals surface area contributed by atoms with Gasteiger partial charge in [0.1, 0.15) is 5.82 Å². The molecule has 2 atom stereocenters. The lowest BCUT2D eigenvalue weighted by Crippen LogP contribution is -2.33. The van der Waals surface area contributed by atoms with E-state index in [2.05, 4.69) is 17.0 Å². The Kier molecular flexibility index (Phi) is 7.78. The van der Waals surface area contributed by atoms with E-state index in [1.807, 2.05) is 18.2 Å². The van der Waals surface area contributed by atoms with E-state index in [0.717, 1.165) is 25.9 Å². The molecule has 0 bridgehead atoms. The molecule has 2 aromatic carbocycles. The zero-order valence-electron chi connectivity index (χ0n) is 15.6. The average Bonchev–Trinajstić information content (AvgIpc) is 2.70. The third kappa shape index (κ3) is 6.70. The van der Waals surface area contributed by atoms with Crippen LogP contribution >= 0.6 is 0 Å². The SMILES string of the molecule is O[C@@H](CN(CCOC1CCCCO1)Cc1ccccc1)c1ccc(F)cc1. The summed E-state index contributed by atoms with van der Waals surface area (Å²) >= 11 is 0. The Morgan fingerprint density at radius 3 is 2.59 bits per heavy atom. The van der Waals surface area contributed by atoms with E-state index in [1.165, 1.54) is 17.7 Å². The Balaban J connectivity index is 1.57. The number of hydrogen-bond acceptors (Lipinski definition) is 4. The summed E-state index contributed by atoms with van der Waals surface area (Å²) in [4.78, 5) is 2.16. The quantitative estimate of drug-likeness (QED) is 0.724. The third-order valence-electron chi connectivity index (χ3n) is 4.78. The number of aliphatic hydroxyl groups is 1. The van der Waals surface area contributed by atoms with Crippen LogP contribution in [0.1, 0.15) is 36.5 Å². The fourth-order valence-electron chi connectivity index (χ4n) is 3.27. The number of nitrogens with zero attached hydrogens (tertiary/aromatic N) is 1. The van der Waals surface area contributed by atoms with Crippen LogP contribution in [0, 0.1) is 5.82 Å². The Bertz CT molecular complexity index is 659. The first-order valence-electron chi connectivity index (χ1n) is 9.64. The van der Waals surface area contributed by atoms with Crippen LogP contribution in [0.3, 0.4) is 0 Å². The summed E-state index contributed by atoms with van der Waals surface area (Å²) in [5.74, 6) is -0.298. The highest BCUT2D eigenvalue weighted by molar-refractivity contribution is 5.19. The summed E-state index contributed by atoms with van der Waals surface area (Å²) in [6.45, 7) is 3.17. The van der Waals surface area contributed by atoms with Gasteiger partial charge in [-0.15, -0.1) is 0 Å². The van der Waals surface area contributed by atoms with Crippen LogP contribution < -0.4 is 0 Å². The summed E-state index contributed by atoms with van der Waals surface area (Å²) in [6, 6.07) is 16.2. The zero-order valence-corrected chi connectivity index (χ0v) is 15.6. The van der Waals surface area contributed by atoms with Crippen LogP contribution in [0.4, 0.5) is 4.39 Å². The van der Waals surface area contributed by atoms with Crippen molar-refractivity contribution >= 4 is 0 Å². The Hall–Kier alpha value is -1.79. The van der Waals surface area contributed by atoms with Gasteiger partial charge in [-0.05, 0) is 42.5 Å². The van der Waals surface area contributed by atoms with Gasteiger partial charge in [0.2, 0.25) is 0 Å². The Morgan fingerprint density at radius 2 is 1.89 bits per heavy atom. The smallest absolute Gasteiger partial charge is 0.157 e. The lowest BCUT2D eigenvalue weighted by molar-refractivity contribution is -0.164. The van der Waals surface area contributed by atoms with E-state index in [-0.39, 0.29) is 12.1 Å². The van der Waals surface area contributed by atoms with E-state index in [9.17, 15) is 9.50 Å². The first kappa shape index (κ1) is 20.0. The number of halogens is 1. The van der Waals surface area contributed by atoms with Crippen LogP contribution in [0.25, 0.3) is 0 Å². The molecule has 1 aliphatic rings. The van der Waals surface area contributed by atoms with Crippen LogP contribution in [0.5, 0.6) is 0 Å². The fraction of sp³-hybridized carbons (Fsp3) is 0.455. The van der Waals surface area contributed by atoms with Gasteiger partial charge in [-0.25, -0.2) is 4.39 Å². The molecule has 1 fully saturated rings. The Labute approximate surface area is 160 Å².